The molecule has 0 spiro atoms. The van der Waals surface area contributed by atoms with Gasteiger partial charge in [0.25, 0.3) is 0 Å². The molecular formula is C6H6F2O4S. The van der Waals surface area contributed by atoms with Gasteiger partial charge in [0.2, 0.25) is 0 Å². The van der Waals surface area contributed by atoms with Crippen LogP contribution in [0.5, 0.6) is 0 Å². The molecule has 0 aromatic carbocycles. The van der Waals surface area contributed by atoms with Crippen LogP contribution < -0.4 is 0 Å². The van der Waals surface area contributed by atoms with Gasteiger partial charge in [-0.3, -0.25) is 8.37 Å². The predicted molar refractivity (Wildman–Crippen MR) is 36.3 cm³/mol. The second kappa shape index (κ2) is 2.47. The highest BCUT2D eigenvalue weighted by atomic mass is 32.2. The molecule has 7 heteroatoms. The summed E-state index contributed by atoms with van der Waals surface area (Å²) in [6, 6.07) is 0. The zero-order chi connectivity index (χ0) is 9.16. The van der Waals surface area contributed by atoms with Crippen LogP contribution in [0, 0.1) is 0 Å². The third-order valence-electron chi connectivity index (χ3n) is 2.60. The zero-order valence-electron chi connectivity index (χ0n) is 6.26. The van der Waals surface area contributed by atoms with Crippen LogP contribution in [0.3, 0.4) is 0 Å². The number of ether oxygens (including phenoxy) is 1. The Morgan fingerprint density at radius 3 is 1.85 bits per heavy atom. The lowest BCUT2D eigenvalue weighted by atomic mass is 9.92. The van der Waals surface area contributed by atoms with E-state index in [9.17, 15) is 13.0 Å². The number of alkyl halides is 2. The highest BCUT2D eigenvalue weighted by Crippen LogP contribution is 2.45. The molecule has 13 heavy (non-hydrogen) atoms. The van der Waals surface area contributed by atoms with Crippen molar-refractivity contribution < 1.29 is 26.1 Å². The molecule has 3 aliphatic heterocycles. The fraction of sp³-hybridized carbons (Fsp3) is 1.00. The van der Waals surface area contributed by atoms with Crippen LogP contribution in [0.15, 0.2) is 0 Å². The van der Waals surface area contributed by atoms with Crippen molar-refractivity contribution in [3.8, 4) is 0 Å². The summed E-state index contributed by atoms with van der Waals surface area (Å²) >= 11 is -1.88. The fourth-order valence-electron chi connectivity index (χ4n) is 2.01. The van der Waals surface area contributed by atoms with E-state index in [1.807, 2.05) is 0 Å². The molecule has 0 saturated carbocycles. The Kier molecular flexibility index (Phi) is 1.56. The van der Waals surface area contributed by atoms with Crippen molar-refractivity contribution in [1.29, 1.82) is 0 Å². The van der Waals surface area contributed by atoms with Gasteiger partial charge in [-0.1, -0.05) is 0 Å². The molecule has 0 N–H and O–H groups in total. The lowest BCUT2D eigenvalue weighted by Crippen LogP contribution is -2.47. The minimum atomic E-state index is -1.88. The molecule has 0 radical (unpaired) electrons. The van der Waals surface area contributed by atoms with Crippen LogP contribution in [-0.4, -0.2) is 41.0 Å². The third-order valence-corrected chi connectivity index (χ3v) is 3.36. The molecular weight excluding hydrogens is 206 g/mol. The lowest BCUT2D eigenvalue weighted by molar-refractivity contribution is 0.0374. The van der Waals surface area contributed by atoms with Gasteiger partial charge in [0.1, 0.15) is 24.4 Å². The van der Waals surface area contributed by atoms with Gasteiger partial charge in [0.05, 0.1) is 0 Å². The second-order valence-electron chi connectivity index (χ2n) is 3.28. The van der Waals surface area contributed by atoms with Crippen LogP contribution in [0.2, 0.25) is 0 Å². The first-order valence-corrected chi connectivity index (χ1v) is 4.88. The number of hydrogen-bond acceptors (Lipinski definition) is 4. The molecule has 0 aliphatic carbocycles. The van der Waals surface area contributed by atoms with Crippen molar-refractivity contribution >= 4 is 11.4 Å². The number of fused-ring (bicyclic) bond motifs is 5. The summed E-state index contributed by atoms with van der Waals surface area (Å²) in [6.45, 7) is 0. The van der Waals surface area contributed by atoms with Crippen LogP contribution in [0.1, 0.15) is 0 Å². The normalized spacial score (nSPS) is 64.3. The van der Waals surface area contributed by atoms with E-state index in [1.165, 1.54) is 0 Å². The van der Waals surface area contributed by atoms with Crippen LogP contribution in [0.25, 0.3) is 0 Å². The topological polar surface area (TPSA) is 44.8 Å². The Morgan fingerprint density at radius 2 is 1.38 bits per heavy atom. The molecule has 0 aromatic rings. The van der Waals surface area contributed by atoms with Gasteiger partial charge < -0.3 is 4.74 Å². The van der Waals surface area contributed by atoms with Crippen molar-refractivity contribution in [2.24, 2.45) is 0 Å². The minimum absolute atomic E-state index is 0.715. The first-order valence-electron chi connectivity index (χ1n) is 3.88. The Balaban J connectivity index is 1.92. The van der Waals surface area contributed by atoms with Crippen molar-refractivity contribution in [1.82, 2.24) is 0 Å². The number of halogens is 2. The van der Waals surface area contributed by atoms with Gasteiger partial charge in [-0.2, -0.15) is 4.21 Å². The highest BCUT2D eigenvalue weighted by molar-refractivity contribution is 7.75. The molecule has 3 rings (SSSR count). The molecule has 1 unspecified atom stereocenters. The Hall–Kier alpha value is -0.110. The maximum Gasteiger partial charge on any atom is 0.305 e. The largest absolute Gasteiger partial charge is 0.363 e. The molecule has 3 heterocycles. The molecule has 3 fully saturated rings. The molecule has 0 amide bonds. The van der Waals surface area contributed by atoms with Gasteiger partial charge in [0, 0.05) is 0 Å². The van der Waals surface area contributed by atoms with E-state index >= 15 is 0 Å². The molecule has 4 nitrogen and oxygen atoms in total. The third kappa shape index (κ3) is 0.903. The van der Waals surface area contributed by atoms with E-state index in [-0.39, 0.29) is 0 Å². The summed E-state index contributed by atoms with van der Waals surface area (Å²) in [7, 11) is 0. The summed E-state index contributed by atoms with van der Waals surface area (Å²) in [5.41, 5.74) is 0. The van der Waals surface area contributed by atoms with Crippen LogP contribution in [-0.2, 0) is 24.5 Å². The Morgan fingerprint density at radius 1 is 0.923 bits per heavy atom. The van der Waals surface area contributed by atoms with E-state index in [2.05, 4.69) is 0 Å². The van der Waals surface area contributed by atoms with Gasteiger partial charge in [0.15, 0.2) is 12.3 Å². The lowest BCUT2D eigenvalue weighted by Gasteiger charge is -2.21. The fourth-order valence-corrected chi connectivity index (χ4v) is 2.85. The van der Waals surface area contributed by atoms with Gasteiger partial charge >= 0.3 is 11.4 Å². The Bertz CT molecular complexity index is 251. The number of hydrogen-bond donors (Lipinski definition) is 0. The molecule has 0 aromatic heterocycles. The molecule has 2 bridgehead atoms. The monoisotopic (exact) mass is 212 g/mol. The van der Waals surface area contributed by atoms with Crippen LogP contribution in [0.4, 0.5) is 8.78 Å². The van der Waals surface area contributed by atoms with Gasteiger partial charge in [-0.15, -0.1) is 0 Å². The first kappa shape index (κ1) is 8.22. The standard InChI is InChI=1S/C6H6F2O4S/c7-1-2(8)4-6-5(3(1)10-4)11-13(9)12-6/h1-6H/t1-,2+,3+,4-,5+,6-,13?. The van der Waals surface area contributed by atoms with Crippen molar-refractivity contribution in [2.75, 3.05) is 0 Å². The van der Waals surface area contributed by atoms with E-state index in [4.69, 9.17) is 13.1 Å². The first-order chi connectivity index (χ1) is 6.18. The Labute approximate surface area is 75.0 Å². The van der Waals surface area contributed by atoms with Crippen molar-refractivity contribution in [3.05, 3.63) is 0 Å². The van der Waals surface area contributed by atoms with E-state index in [0.717, 1.165) is 0 Å². The average Bonchev–Trinajstić information content (AvgIpc) is 2.64. The maximum absolute atomic E-state index is 13.0. The maximum atomic E-state index is 13.0. The SMILES string of the molecule is O=S1O[C@@H]2[C@H](O1)[C@@H]1O[C@H]2[C@H](F)[C@@H]1F. The van der Waals surface area contributed by atoms with Crippen LogP contribution >= 0.6 is 0 Å². The quantitative estimate of drug-likeness (QED) is 0.558. The zero-order valence-corrected chi connectivity index (χ0v) is 7.08. The summed E-state index contributed by atoms with van der Waals surface area (Å²) in [6.07, 6.45) is -6.73. The summed E-state index contributed by atoms with van der Waals surface area (Å²) in [5, 5.41) is 0. The van der Waals surface area contributed by atoms with Crippen molar-refractivity contribution in [3.63, 3.8) is 0 Å². The van der Waals surface area contributed by atoms with E-state index in [0.29, 0.717) is 0 Å². The molecule has 7 atom stereocenters. The summed E-state index contributed by atoms with van der Waals surface area (Å²) in [4.78, 5) is 0. The van der Waals surface area contributed by atoms with E-state index in [1.54, 1.807) is 0 Å². The summed E-state index contributed by atoms with van der Waals surface area (Å²) in [5.74, 6) is 0. The van der Waals surface area contributed by atoms with Crippen molar-refractivity contribution in [2.45, 2.75) is 36.8 Å². The van der Waals surface area contributed by atoms with Gasteiger partial charge in [-0.05, 0) is 0 Å². The summed E-state index contributed by atoms with van der Waals surface area (Å²) < 4.78 is 51.3. The predicted octanol–water partition coefficient (Wildman–Crippen LogP) is -0.194. The molecule has 74 valence electrons. The van der Waals surface area contributed by atoms with E-state index < -0.39 is 48.1 Å². The van der Waals surface area contributed by atoms with Gasteiger partial charge in [-0.25, -0.2) is 8.78 Å². The average molecular weight is 212 g/mol. The smallest absolute Gasteiger partial charge is 0.305 e. The number of rotatable bonds is 0. The highest BCUT2D eigenvalue weighted by Gasteiger charge is 2.66. The molecule has 3 aliphatic rings. The molecule has 3 saturated heterocycles. The minimum Gasteiger partial charge on any atom is -0.363 e. The second-order valence-corrected chi connectivity index (χ2v) is 4.07.